The van der Waals surface area contributed by atoms with Crippen LogP contribution in [0.1, 0.15) is 22.8 Å². The average Bonchev–Trinajstić information content (AvgIpc) is 2.75. The Labute approximate surface area is 197 Å². The Hall–Kier alpha value is -3.31. The Kier molecular flexibility index (Phi) is 7.37. The third-order valence-corrected chi connectivity index (χ3v) is 6.16. The van der Waals surface area contributed by atoms with Gasteiger partial charge in [-0.05, 0) is 55.5 Å². The highest BCUT2D eigenvalue weighted by Gasteiger charge is 2.33. The Balaban J connectivity index is 1.95. The lowest BCUT2D eigenvalue weighted by Crippen LogP contribution is -2.17. The molecule has 0 aliphatic heterocycles. The van der Waals surface area contributed by atoms with Gasteiger partial charge in [0.25, 0.3) is 15.9 Å². The third-order valence-electron chi connectivity index (χ3n) is 4.45. The van der Waals surface area contributed by atoms with Crippen LogP contribution in [-0.4, -0.2) is 20.9 Å². The summed E-state index contributed by atoms with van der Waals surface area (Å²) >= 11 is 5.57. The molecule has 1 amide bonds. The fourth-order valence-corrected chi connectivity index (χ4v) is 4.21. The number of sulfonamides is 1. The van der Waals surface area contributed by atoms with Crippen molar-refractivity contribution in [3.05, 3.63) is 82.6 Å². The number of alkyl halides is 3. The van der Waals surface area contributed by atoms with Crippen molar-refractivity contribution in [1.29, 1.82) is 0 Å². The summed E-state index contributed by atoms with van der Waals surface area (Å²) in [5.41, 5.74) is -1.94. The zero-order valence-corrected chi connectivity index (χ0v) is 19.0. The van der Waals surface area contributed by atoms with Gasteiger partial charge in [0.1, 0.15) is 11.6 Å². The highest BCUT2D eigenvalue weighted by molar-refractivity contribution is 7.92. The standard InChI is InChI=1S/C22H17ClF4N2O4S/c1-2-33-20-10-8-14(12-19(20)28-21(30)15-5-3-4-6-18(15)24)34(31,32)29-13-7-9-17(23)16(11-13)22(25,26)27/h3-12,29H,2H2,1H3,(H,28,30). The van der Waals surface area contributed by atoms with E-state index >= 15 is 0 Å². The molecule has 0 saturated carbocycles. The van der Waals surface area contributed by atoms with Crippen LogP contribution in [-0.2, 0) is 16.2 Å². The zero-order valence-electron chi connectivity index (χ0n) is 17.4. The van der Waals surface area contributed by atoms with Crippen molar-refractivity contribution in [3.63, 3.8) is 0 Å². The number of carbonyl (C=O) groups is 1. The zero-order chi connectivity index (χ0) is 25.1. The summed E-state index contributed by atoms with van der Waals surface area (Å²) in [5, 5.41) is 1.81. The number of hydrogen-bond acceptors (Lipinski definition) is 4. The van der Waals surface area contributed by atoms with Crippen LogP contribution in [0.25, 0.3) is 0 Å². The number of amides is 1. The Morgan fingerprint density at radius 3 is 2.41 bits per heavy atom. The van der Waals surface area contributed by atoms with E-state index < -0.39 is 38.5 Å². The summed E-state index contributed by atoms with van der Waals surface area (Å²) in [6.45, 7) is 1.84. The van der Waals surface area contributed by atoms with Crippen molar-refractivity contribution in [1.82, 2.24) is 0 Å². The lowest BCUT2D eigenvalue weighted by Gasteiger charge is -2.15. The second-order valence-corrected chi connectivity index (χ2v) is 8.91. The van der Waals surface area contributed by atoms with Gasteiger partial charge in [-0.3, -0.25) is 9.52 Å². The highest BCUT2D eigenvalue weighted by Crippen LogP contribution is 2.37. The maximum absolute atomic E-state index is 14.0. The number of anilines is 2. The minimum absolute atomic E-state index is 0.0786. The van der Waals surface area contributed by atoms with Gasteiger partial charge in [-0.2, -0.15) is 13.2 Å². The second kappa shape index (κ2) is 9.90. The molecule has 3 aromatic rings. The maximum Gasteiger partial charge on any atom is 0.417 e. The van der Waals surface area contributed by atoms with E-state index in [4.69, 9.17) is 16.3 Å². The van der Waals surface area contributed by atoms with Crippen LogP contribution >= 0.6 is 11.6 Å². The van der Waals surface area contributed by atoms with Gasteiger partial charge in [-0.25, -0.2) is 12.8 Å². The first-order valence-electron chi connectivity index (χ1n) is 9.64. The summed E-state index contributed by atoms with van der Waals surface area (Å²) in [4.78, 5) is 12.1. The Morgan fingerprint density at radius 1 is 1.06 bits per heavy atom. The van der Waals surface area contributed by atoms with E-state index in [0.717, 1.165) is 30.3 Å². The van der Waals surface area contributed by atoms with Crippen LogP contribution in [0.4, 0.5) is 28.9 Å². The topological polar surface area (TPSA) is 84.5 Å². The summed E-state index contributed by atoms with van der Waals surface area (Å²) < 4.78 is 86.4. The van der Waals surface area contributed by atoms with Gasteiger partial charge in [0.05, 0.1) is 33.3 Å². The van der Waals surface area contributed by atoms with Crippen LogP contribution in [0.3, 0.4) is 0 Å². The molecule has 0 heterocycles. The predicted molar refractivity (Wildman–Crippen MR) is 119 cm³/mol. The minimum atomic E-state index is -4.79. The molecular weight excluding hydrogens is 500 g/mol. The summed E-state index contributed by atoms with van der Waals surface area (Å²) in [6, 6.07) is 11.2. The van der Waals surface area contributed by atoms with E-state index in [1.807, 2.05) is 4.72 Å². The van der Waals surface area contributed by atoms with Gasteiger partial charge < -0.3 is 10.1 Å². The number of benzene rings is 3. The number of nitrogens with one attached hydrogen (secondary N) is 2. The van der Waals surface area contributed by atoms with Crippen molar-refractivity contribution in [2.45, 2.75) is 18.0 Å². The normalized spacial score (nSPS) is 11.7. The van der Waals surface area contributed by atoms with Crippen molar-refractivity contribution < 1.29 is 35.5 Å². The van der Waals surface area contributed by atoms with Crippen molar-refractivity contribution in [2.75, 3.05) is 16.6 Å². The van der Waals surface area contributed by atoms with Crippen molar-refractivity contribution in [2.24, 2.45) is 0 Å². The molecule has 3 rings (SSSR count). The predicted octanol–water partition coefficient (Wildman–Crippen LogP) is 5.95. The molecule has 180 valence electrons. The lowest BCUT2D eigenvalue weighted by atomic mass is 10.2. The SMILES string of the molecule is CCOc1ccc(S(=O)(=O)Nc2ccc(Cl)c(C(F)(F)F)c2)cc1NC(=O)c1ccccc1F. The van der Waals surface area contributed by atoms with E-state index in [-0.39, 0.29) is 34.2 Å². The first-order chi connectivity index (χ1) is 15.9. The smallest absolute Gasteiger partial charge is 0.417 e. The first kappa shape index (κ1) is 25.3. The van der Waals surface area contributed by atoms with E-state index in [1.165, 1.54) is 24.3 Å². The van der Waals surface area contributed by atoms with Gasteiger partial charge in [0.2, 0.25) is 0 Å². The Bertz CT molecular complexity index is 1330. The maximum atomic E-state index is 14.0. The van der Waals surface area contributed by atoms with Crippen LogP contribution < -0.4 is 14.8 Å². The summed E-state index contributed by atoms with van der Waals surface area (Å²) in [6.07, 6.45) is -4.79. The van der Waals surface area contributed by atoms with Gasteiger partial charge in [-0.1, -0.05) is 23.7 Å². The highest BCUT2D eigenvalue weighted by atomic mass is 35.5. The molecule has 0 bridgehead atoms. The molecule has 3 aromatic carbocycles. The summed E-state index contributed by atoms with van der Waals surface area (Å²) in [5.74, 6) is -1.53. The molecule has 0 atom stereocenters. The molecule has 34 heavy (non-hydrogen) atoms. The van der Waals surface area contributed by atoms with Gasteiger partial charge in [-0.15, -0.1) is 0 Å². The molecule has 6 nitrogen and oxygen atoms in total. The number of hydrogen-bond donors (Lipinski definition) is 2. The number of ether oxygens (including phenoxy) is 1. The van der Waals surface area contributed by atoms with E-state index in [2.05, 4.69) is 5.32 Å². The van der Waals surface area contributed by atoms with Gasteiger partial charge in [0.15, 0.2) is 0 Å². The quantitative estimate of drug-likeness (QED) is 0.380. The van der Waals surface area contributed by atoms with Crippen LogP contribution in [0.2, 0.25) is 5.02 Å². The molecule has 0 aliphatic carbocycles. The minimum Gasteiger partial charge on any atom is -0.492 e. The number of halogens is 5. The molecule has 0 spiro atoms. The third kappa shape index (κ3) is 5.78. The first-order valence-corrected chi connectivity index (χ1v) is 11.5. The van der Waals surface area contributed by atoms with E-state index in [1.54, 1.807) is 6.92 Å². The molecule has 0 radical (unpaired) electrons. The van der Waals surface area contributed by atoms with E-state index in [9.17, 15) is 30.8 Å². The molecular formula is C22H17ClF4N2O4S. The van der Waals surface area contributed by atoms with Crippen LogP contribution in [0.5, 0.6) is 5.75 Å². The Morgan fingerprint density at radius 2 is 1.76 bits per heavy atom. The summed E-state index contributed by atoms with van der Waals surface area (Å²) in [7, 11) is -4.39. The van der Waals surface area contributed by atoms with Gasteiger partial charge >= 0.3 is 6.18 Å². The van der Waals surface area contributed by atoms with E-state index in [0.29, 0.717) is 6.07 Å². The molecule has 0 unspecified atom stereocenters. The van der Waals surface area contributed by atoms with Crippen molar-refractivity contribution in [3.8, 4) is 5.75 Å². The van der Waals surface area contributed by atoms with Crippen LogP contribution in [0.15, 0.2) is 65.6 Å². The van der Waals surface area contributed by atoms with Crippen LogP contribution in [0, 0.1) is 5.82 Å². The molecule has 2 N–H and O–H groups in total. The number of rotatable bonds is 7. The largest absolute Gasteiger partial charge is 0.492 e. The molecule has 12 heteroatoms. The second-order valence-electron chi connectivity index (χ2n) is 6.82. The molecule has 0 aromatic heterocycles. The molecule has 0 fully saturated rings. The molecule has 0 aliphatic rings. The fourth-order valence-electron chi connectivity index (χ4n) is 2.91. The number of carbonyl (C=O) groups excluding carboxylic acids is 1. The van der Waals surface area contributed by atoms with Gasteiger partial charge in [0, 0.05) is 5.69 Å². The monoisotopic (exact) mass is 516 g/mol. The fraction of sp³-hybridized carbons (Fsp3) is 0.136. The van der Waals surface area contributed by atoms with Crippen molar-refractivity contribution >= 4 is 38.9 Å². The lowest BCUT2D eigenvalue weighted by molar-refractivity contribution is -0.137. The molecule has 0 saturated heterocycles. The average molecular weight is 517 g/mol.